The molecular formula is C15H12N2O4. The molecule has 0 radical (unpaired) electrons. The second-order valence-corrected chi connectivity index (χ2v) is 5.48. The molecule has 0 aromatic carbocycles. The third kappa shape index (κ3) is 1.55. The number of carboxylic acid groups (broad SMARTS) is 1. The number of hydrogen-bond donors (Lipinski definition) is 2. The molecule has 1 amide bonds. The third-order valence-corrected chi connectivity index (χ3v) is 4.37. The van der Waals surface area contributed by atoms with Gasteiger partial charge in [-0.05, 0) is 30.5 Å². The van der Waals surface area contributed by atoms with Gasteiger partial charge in [0, 0.05) is 18.2 Å². The van der Waals surface area contributed by atoms with Gasteiger partial charge in [-0.2, -0.15) is 0 Å². The number of fused-ring (bicyclic) bond motifs is 3. The van der Waals surface area contributed by atoms with Gasteiger partial charge in [-0.15, -0.1) is 0 Å². The van der Waals surface area contributed by atoms with Crippen molar-refractivity contribution >= 4 is 17.7 Å². The van der Waals surface area contributed by atoms with E-state index in [-0.39, 0.29) is 11.7 Å². The van der Waals surface area contributed by atoms with E-state index in [0.29, 0.717) is 30.8 Å². The van der Waals surface area contributed by atoms with Crippen molar-refractivity contribution < 1.29 is 19.1 Å². The number of furan rings is 1. The molecule has 6 nitrogen and oxygen atoms in total. The average molecular weight is 284 g/mol. The predicted molar refractivity (Wildman–Crippen MR) is 72.2 cm³/mol. The van der Waals surface area contributed by atoms with Crippen molar-refractivity contribution in [3.63, 3.8) is 0 Å². The molecule has 4 rings (SSSR count). The molecule has 2 aromatic rings. The molecule has 1 spiro atoms. The molecule has 2 aromatic heterocycles. The molecule has 3 heterocycles. The molecule has 2 N–H and O–H groups in total. The minimum atomic E-state index is -1.09. The topological polar surface area (TPSA) is 92.4 Å². The van der Waals surface area contributed by atoms with E-state index in [9.17, 15) is 9.59 Å². The molecule has 0 saturated heterocycles. The average Bonchev–Trinajstić information content (AvgIpc) is 3.00. The van der Waals surface area contributed by atoms with Gasteiger partial charge < -0.3 is 14.8 Å². The van der Waals surface area contributed by atoms with Gasteiger partial charge in [0.2, 0.25) is 11.7 Å². The van der Waals surface area contributed by atoms with Gasteiger partial charge in [0.05, 0.1) is 5.41 Å². The molecule has 1 aliphatic carbocycles. The summed E-state index contributed by atoms with van der Waals surface area (Å²) < 4.78 is 5.35. The van der Waals surface area contributed by atoms with E-state index in [2.05, 4.69) is 10.3 Å². The number of aromatic nitrogens is 1. The summed E-state index contributed by atoms with van der Waals surface area (Å²) >= 11 is 0. The van der Waals surface area contributed by atoms with Crippen LogP contribution < -0.4 is 5.32 Å². The van der Waals surface area contributed by atoms with E-state index >= 15 is 0 Å². The van der Waals surface area contributed by atoms with Gasteiger partial charge in [0.25, 0.3) is 0 Å². The number of aryl methyl sites for hydroxylation is 1. The summed E-state index contributed by atoms with van der Waals surface area (Å²) in [5, 5.41) is 11.8. The molecular weight excluding hydrogens is 272 g/mol. The lowest BCUT2D eigenvalue weighted by atomic mass is 9.70. The zero-order valence-electron chi connectivity index (χ0n) is 11.0. The van der Waals surface area contributed by atoms with Crippen molar-refractivity contribution in [2.24, 2.45) is 0 Å². The first-order valence-corrected chi connectivity index (χ1v) is 6.72. The molecule has 2 aliphatic rings. The lowest BCUT2D eigenvalue weighted by molar-refractivity contribution is -0.121. The van der Waals surface area contributed by atoms with Crippen LogP contribution in [0.1, 0.15) is 33.9 Å². The molecule has 0 saturated carbocycles. The van der Waals surface area contributed by atoms with Gasteiger partial charge in [-0.1, -0.05) is 6.07 Å². The van der Waals surface area contributed by atoms with Crippen LogP contribution >= 0.6 is 0 Å². The lowest BCUT2D eigenvalue weighted by Gasteiger charge is -2.30. The van der Waals surface area contributed by atoms with Crippen molar-refractivity contribution in [2.75, 3.05) is 5.32 Å². The largest absolute Gasteiger partial charge is 0.475 e. The Kier molecular flexibility index (Phi) is 2.28. The summed E-state index contributed by atoms with van der Waals surface area (Å²) in [6.07, 6.45) is 3.23. The first kappa shape index (κ1) is 12.1. The summed E-state index contributed by atoms with van der Waals surface area (Å²) in [5.74, 6) is 0.0502. The Labute approximate surface area is 119 Å². The van der Waals surface area contributed by atoms with Crippen molar-refractivity contribution in [1.29, 1.82) is 0 Å². The highest BCUT2D eigenvalue weighted by Crippen LogP contribution is 2.46. The van der Waals surface area contributed by atoms with Crippen LogP contribution in [0.2, 0.25) is 0 Å². The fourth-order valence-corrected chi connectivity index (χ4v) is 3.34. The minimum absolute atomic E-state index is 0.0677. The first-order valence-electron chi connectivity index (χ1n) is 6.72. The number of carbonyl (C=O) groups is 2. The summed E-state index contributed by atoms with van der Waals surface area (Å²) in [4.78, 5) is 27.7. The van der Waals surface area contributed by atoms with Crippen LogP contribution in [0.4, 0.5) is 5.82 Å². The van der Waals surface area contributed by atoms with Crippen LogP contribution in [0.15, 0.2) is 28.8 Å². The normalized spacial score (nSPS) is 22.8. The molecule has 1 aliphatic heterocycles. The van der Waals surface area contributed by atoms with Crippen LogP contribution in [0, 0.1) is 0 Å². The molecule has 106 valence electrons. The molecule has 6 heteroatoms. The number of carbonyl (C=O) groups excluding carboxylic acids is 1. The van der Waals surface area contributed by atoms with Crippen molar-refractivity contribution in [2.45, 2.75) is 24.7 Å². The highest BCUT2D eigenvalue weighted by molar-refractivity contribution is 6.05. The van der Waals surface area contributed by atoms with Crippen LogP contribution in [0.5, 0.6) is 0 Å². The Hall–Kier alpha value is -2.63. The molecule has 0 bridgehead atoms. The monoisotopic (exact) mass is 284 g/mol. The summed E-state index contributed by atoms with van der Waals surface area (Å²) in [6, 6.07) is 5.25. The number of amides is 1. The van der Waals surface area contributed by atoms with Crippen LogP contribution in [0.25, 0.3) is 0 Å². The third-order valence-electron chi connectivity index (χ3n) is 4.37. The van der Waals surface area contributed by atoms with E-state index in [0.717, 1.165) is 11.1 Å². The van der Waals surface area contributed by atoms with Crippen molar-refractivity contribution in [3.8, 4) is 0 Å². The number of pyridine rings is 1. The van der Waals surface area contributed by atoms with E-state index < -0.39 is 11.4 Å². The van der Waals surface area contributed by atoms with Gasteiger partial charge in [0.15, 0.2) is 0 Å². The molecule has 1 atom stereocenters. The number of aromatic carboxylic acids is 1. The van der Waals surface area contributed by atoms with Gasteiger partial charge >= 0.3 is 5.97 Å². The Morgan fingerprint density at radius 1 is 1.48 bits per heavy atom. The molecule has 1 unspecified atom stereocenters. The van der Waals surface area contributed by atoms with Gasteiger partial charge in [-0.3, -0.25) is 4.79 Å². The predicted octanol–water partition coefficient (Wildman–Crippen LogP) is 1.75. The fraction of sp³-hybridized carbons (Fsp3) is 0.267. The number of nitrogens with one attached hydrogen (secondary N) is 1. The van der Waals surface area contributed by atoms with Crippen molar-refractivity contribution in [3.05, 3.63) is 47.0 Å². The van der Waals surface area contributed by atoms with E-state index in [4.69, 9.17) is 9.52 Å². The summed E-state index contributed by atoms with van der Waals surface area (Å²) in [5.41, 5.74) is 1.03. The fourth-order valence-electron chi connectivity index (χ4n) is 3.34. The molecule has 21 heavy (non-hydrogen) atoms. The van der Waals surface area contributed by atoms with Crippen molar-refractivity contribution in [1.82, 2.24) is 4.98 Å². The minimum Gasteiger partial charge on any atom is -0.475 e. The van der Waals surface area contributed by atoms with Crippen LogP contribution in [-0.2, 0) is 23.1 Å². The molecule has 0 fully saturated rings. The Morgan fingerprint density at radius 2 is 2.33 bits per heavy atom. The summed E-state index contributed by atoms with van der Waals surface area (Å²) in [7, 11) is 0. The van der Waals surface area contributed by atoms with E-state index in [1.54, 1.807) is 6.20 Å². The van der Waals surface area contributed by atoms with E-state index in [1.165, 1.54) is 6.07 Å². The zero-order chi connectivity index (χ0) is 14.6. The summed E-state index contributed by atoms with van der Waals surface area (Å²) in [6.45, 7) is 0. The van der Waals surface area contributed by atoms with Crippen LogP contribution in [0.3, 0.4) is 0 Å². The quantitative estimate of drug-likeness (QED) is 0.832. The first-order chi connectivity index (χ1) is 10.1. The number of nitrogens with zero attached hydrogens (tertiary/aromatic N) is 1. The number of carboxylic acids is 1. The highest BCUT2D eigenvalue weighted by atomic mass is 16.4. The maximum atomic E-state index is 12.5. The number of anilines is 1. The number of rotatable bonds is 1. The lowest BCUT2D eigenvalue weighted by Crippen LogP contribution is -2.39. The highest BCUT2D eigenvalue weighted by Gasteiger charge is 2.49. The second kappa shape index (κ2) is 3.94. The van der Waals surface area contributed by atoms with E-state index in [1.807, 2.05) is 12.1 Å². The Balaban J connectivity index is 1.81. The van der Waals surface area contributed by atoms with Gasteiger partial charge in [0.1, 0.15) is 11.6 Å². The zero-order valence-corrected chi connectivity index (χ0v) is 11.0. The van der Waals surface area contributed by atoms with Crippen LogP contribution in [-0.4, -0.2) is 22.0 Å². The Bertz CT molecular complexity index is 780. The standard InChI is InChI=1S/C15H12N2O4/c18-13(19)11-6-8-7-15(4-3-10(8)21-11)9-2-1-5-16-12(9)17-14(15)20/h1-2,5-6H,3-4,7H2,(H,18,19)(H,16,17,20). The SMILES string of the molecule is O=C(O)c1cc2c(o1)CCC1(C2)C(=O)Nc2ncccc21. The second-order valence-electron chi connectivity index (χ2n) is 5.48. The maximum Gasteiger partial charge on any atom is 0.371 e. The smallest absolute Gasteiger partial charge is 0.371 e. The maximum absolute atomic E-state index is 12.5. The van der Waals surface area contributed by atoms with Gasteiger partial charge in [-0.25, -0.2) is 9.78 Å². The number of hydrogen-bond acceptors (Lipinski definition) is 4. The Morgan fingerprint density at radius 3 is 3.14 bits per heavy atom.